The molecule has 0 bridgehead atoms. The van der Waals surface area contributed by atoms with Crippen molar-refractivity contribution >= 4 is 11.7 Å². The predicted molar refractivity (Wildman–Crippen MR) is 60.6 cm³/mol. The largest absolute Gasteiger partial charge is 0.346 e. The summed E-state index contributed by atoms with van der Waals surface area (Å²) in [5.41, 5.74) is 1.21. The van der Waals surface area contributed by atoms with E-state index >= 15 is 0 Å². The summed E-state index contributed by atoms with van der Waals surface area (Å²) in [7, 11) is 1.80. The van der Waals surface area contributed by atoms with Crippen molar-refractivity contribution in [1.82, 2.24) is 9.47 Å². The molecule has 1 saturated heterocycles. The lowest BCUT2D eigenvalue weighted by Gasteiger charge is -2.15. The Hall–Kier alpha value is -1.58. The summed E-state index contributed by atoms with van der Waals surface area (Å²) < 4.78 is 1.73. The van der Waals surface area contributed by atoms with E-state index in [1.165, 1.54) is 6.92 Å². The molecule has 0 spiro atoms. The molecule has 0 unspecified atom stereocenters. The van der Waals surface area contributed by atoms with E-state index in [1.807, 2.05) is 4.90 Å². The van der Waals surface area contributed by atoms with E-state index in [1.54, 1.807) is 23.9 Å². The Balaban J connectivity index is 2.25. The summed E-state index contributed by atoms with van der Waals surface area (Å²) >= 11 is 0. The highest BCUT2D eigenvalue weighted by atomic mass is 16.2. The minimum atomic E-state index is -0.00364. The van der Waals surface area contributed by atoms with Crippen LogP contribution in [0.15, 0.2) is 12.3 Å². The molecule has 2 rings (SSSR count). The third-order valence-electron chi connectivity index (χ3n) is 3.02. The number of rotatable bonds is 2. The lowest BCUT2D eigenvalue weighted by Crippen LogP contribution is -2.29. The summed E-state index contributed by atoms with van der Waals surface area (Å²) in [5, 5.41) is 0. The first kappa shape index (κ1) is 10.9. The molecule has 2 heterocycles. The molecule has 0 atom stereocenters. The molecule has 1 amide bonds. The second kappa shape index (κ2) is 4.12. The van der Waals surface area contributed by atoms with Crippen LogP contribution in [0.5, 0.6) is 0 Å². The molecular formula is C12H16N2O2. The third-order valence-corrected chi connectivity index (χ3v) is 3.02. The molecule has 0 aromatic carbocycles. The fourth-order valence-corrected chi connectivity index (χ4v) is 2.05. The second-order valence-electron chi connectivity index (χ2n) is 4.28. The van der Waals surface area contributed by atoms with Crippen molar-refractivity contribution in [1.29, 1.82) is 0 Å². The average Bonchev–Trinajstić information content (AvgIpc) is 2.84. The summed E-state index contributed by atoms with van der Waals surface area (Å²) in [6.07, 6.45) is 3.87. The van der Waals surface area contributed by atoms with Crippen molar-refractivity contribution in [3.05, 3.63) is 23.5 Å². The van der Waals surface area contributed by atoms with Gasteiger partial charge in [0.1, 0.15) is 5.69 Å². The Morgan fingerprint density at radius 1 is 1.25 bits per heavy atom. The van der Waals surface area contributed by atoms with Gasteiger partial charge in [0, 0.05) is 31.9 Å². The molecule has 1 fully saturated rings. The van der Waals surface area contributed by atoms with E-state index in [-0.39, 0.29) is 11.7 Å². The Bertz CT molecular complexity index is 428. The maximum Gasteiger partial charge on any atom is 0.270 e. The highest BCUT2D eigenvalue weighted by Gasteiger charge is 2.22. The van der Waals surface area contributed by atoms with Gasteiger partial charge in [0.2, 0.25) is 0 Å². The molecule has 1 aromatic rings. The van der Waals surface area contributed by atoms with Crippen molar-refractivity contribution in [3.63, 3.8) is 0 Å². The van der Waals surface area contributed by atoms with Crippen LogP contribution in [0, 0.1) is 0 Å². The van der Waals surface area contributed by atoms with Gasteiger partial charge < -0.3 is 9.47 Å². The van der Waals surface area contributed by atoms with E-state index in [9.17, 15) is 9.59 Å². The number of aryl methyl sites for hydroxylation is 1. The van der Waals surface area contributed by atoms with Crippen LogP contribution >= 0.6 is 0 Å². The number of carbonyl (C=O) groups excluding carboxylic acids is 2. The van der Waals surface area contributed by atoms with Crippen LogP contribution in [0.1, 0.15) is 40.6 Å². The number of carbonyl (C=O) groups is 2. The number of likely N-dealkylation sites (tertiary alicyclic amines) is 1. The first-order valence-electron chi connectivity index (χ1n) is 5.56. The molecule has 4 heteroatoms. The van der Waals surface area contributed by atoms with Crippen molar-refractivity contribution < 1.29 is 9.59 Å². The van der Waals surface area contributed by atoms with Crippen molar-refractivity contribution in [2.75, 3.05) is 13.1 Å². The fraction of sp³-hybridized carbons (Fsp3) is 0.500. The van der Waals surface area contributed by atoms with Gasteiger partial charge in [0.15, 0.2) is 5.78 Å². The zero-order valence-corrected chi connectivity index (χ0v) is 9.69. The first-order valence-corrected chi connectivity index (χ1v) is 5.56. The van der Waals surface area contributed by atoms with Crippen LogP contribution < -0.4 is 0 Å². The highest BCUT2D eigenvalue weighted by Crippen LogP contribution is 2.15. The van der Waals surface area contributed by atoms with Gasteiger partial charge in [-0.1, -0.05) is 0 Å². The normalized spacial score (nSPS) is 15.5. The van der Waals surface area contributed by atoms with Gasteiger partial charge in [-0.3, -0.25) is 9.59 Å². The van der Waals surface area contributed by atoms with E-state index in [2.05, 4.69) is 0 Å². The maximum atomic E-state index is 12.1. The Morgan fingerprint density at radius 2 is 1.88 bits per heavy atom. The molecule has 1 aromatic heterocycles. The Morgan fingerprint density at radius 3 is 2.38 bits per heavy atom. The van der Waals surface area contributed by atoms with Crippen molar-refractivity contribution in [3.8, 4) is 0 Å². The summed E-state index contributed by atoms with van der Waals surface area (Å²) in [6.45, 7) is 3.18. The molecular weight excluding hydrogens is 204 g/mol. The molecule has 0 radical (unpaired) electrons. The van der Waals surface area contributed by atoms with E-state index in [4.69, 9.17) is 0 Å². The summed E-state index contributed by atoms with van der Waals surface area (Å²) in [6, 6.07) is 1.68. The number of amides is 1. The van der Waals surface area contributed by atoms with Crippen molar-refractivity contribution in [2.24, 2.45) is 7.05 Å². The lowest BCUT2D eigenvalue weighted by molar-refractivity contribution is 0.0783. The standard InChI is InChI=1S/C12H16N2O2/c1-9(15)10-7-11(13(2)8-10)12(16)14-5-3-4-6-14/h7-8H,3-6H2,1-2H3. The van der Waals surface area contributed by atoms with E-state index < -0.39 is 0 Å². The van der Waals surface area contributed by atoms with Crippen molar-refractivity contribution in [2.45, 2.75) is 19.8 Å². The Kier molecular flexibility index (Phi) is 2.81. The van der Waals surface area contributed by atoms with Gasteiger partial charge in [-0.2, -0.15) is 0 Å². The zero-order valence-electron chi connectivity index (χ0n) is 9.69. The first-order chi connectivity index (χ1) is 7.59. The molecule has 0 saturated carbocycles. The molecule has 1 aliphatic rings. The van der Waals surface area contributed by atoms with Crippen LogP contribution in [0.3, 0.4) is 0 Å². The van der Waals surface area contributed by atoms with Gasteiger partial charge in [0.05, 0.1) is 0 Å². The predicted octanol–water partition coefficient (Wildman–Crippen LogP) is 1.46. The molecule has 1 aliphatic heterocycles. The maximum absolute atomic E-state index is 12.1. The van der Waals surface area contributed by atoms with E-state index in [0.717, 1.165) is 25.9 Å². The fourth-order valence-electron chi connectivity index (χ4n) is 2.05. The topological polar surface area (TPSA) is 42.3 Å². The van der Waals surface area contributed by atoms with Gasteiger partial charge in [-0.15, -0.1) is 0 Å². The minimum absolute atomic E-state index is 0.00364. The van der Waals surface area contributed by atoms with Crippen LogP contribution in [0.4, 0.5) is 0 Å². The van der Waals surface area contributed by atoms with Gasteiger partial charge in [-0.25, -0.2) is 0 Å². The smallest absolute Gasteiger partial charge is 0.270 e. The molecule has 16 heavy (non-hydrogen) atoms. The number of hydrogen-bond acceptors (Lipinski definition) is 2. The molecule has 86 valence electrons. The molecule has 0 aliphatic carbocycles. The lowest BCUT2D eigenvalue weighted by atomic mass is 10.2. The summed E-state index contributed by atoms with van der Waals surface area (Å²) in [5.74, 6) is 0.0311. The van der Waals surface area contributed by atoms with Gasteiger partial charge in [0.25, 0.3) is 5.91 Å². The summed E-state index contributed by atoms with van der Waals surface area (Å²) in [4.78, 5) is 25.2. The van der Waals surface area contributed by atoms with Gasteiger partial charge >= 0.3 is 0 Å². The van der Waals surface area contributed by atoms with Crippen LogP contribution in [-0.4, -0.2) is 34.2 Å². The number of aromatic nitrogens is 1. The van der Waals surface area contributed by atoms with Crippen LogP contribution in [-0.2, 0) is 7.05 Å². The van der Waals surface area contributed by atoms with E-state index in [0.29, 0.717) is 11.3 Å². The number of ketones is 1. The quantitative estimate of drug-likeness (QED) is 0.708. The monoisotopic (exact) mass is 220 g/mol. The van der Waals surface area contributed by atoms with Crippen LogP contribution in [0.25, 0.3) is 0 Å². The second-order valence-corrected chi connectivity index (χ2v) is 4.28. The number of Topliss-reactive ketones (excluding diaryl/α,β-unsaturated/α-hetero) is 1. The number of nitrogens with zero attached hydrogens (tertiary/aromatic N) is 2. The molecule has 4 nitrogen and oxygen atoms in total. The number of hydrogen-bond donors (Lipinski definition) is 0. The SMILES string of the molecule is CC(=O)c1cc(C(=O)N2CCCC2)n(C)c1. The Labute approximate surface area is 94.8 Å². The molecule has 0 N–H and O–H groups in total. The average molecular weight is 220 g/mol. The van der Waals surface area contributed by atoms with Gasteiger partial charge in [-0.05, 0) is 25.8 Å². The minimum Gasteiger partial charge on any atom is -0.346 e. The highest BCUT2D eigenvalue weighted by molar-refractivity contribution is 5.99. The zero-order chi connectivity index (χ0) is 11.7. The third kappa shape index (κ3) is 1.87. The van der Waals surface area contributed by atoms with Crippen LogP contribution in [0.2, 0.25) is 0 Å².